The number of benzene rings is 2. The summed E-state index contributed by atoms with van der Waals surface area (Å²) in [5.74, 6) is 0.703. The van der Waals surface area contributed by atoms with Crippen molar-refractivity contribution >= 4 is 21.6 Å². The van der Waals surface area contributed by atoms with E-state index in [9.17, 15) is 12.8 Å². The second-order valence-corrected chi connectivity index (χ2v) is 9.12. The summed E-state index contributed by atoms with van der Waals surface area (Å²) < 4.78 is 42.4. The number of sulfonamides is 1. The second kappa shape index (κ2) is 7.71. The van der Waals surface area contributed by atoms with Crippen molar-refractivity contribution < 1.29 is 12.8 Å². The average Bonchev–Trinajstić information content (AvgIpc) is 3.28. The summed E-state index contributed by atoms with van der Waals surface area (Å²) in [5, 5.41) is 4.28. The van der Waals surface area contributed by atoms with E-state index in [0.29, 0.717) is 18.9 Å². The van der Waals surface area contributed by atoms with Gasteiger partial charge in [0.05, 0.1) is 10.6 Å². The van der Waals surface area contributed by atoms with E-state index in [2.05, 4.69) is 20.0 Å². The maximum Gasteiger partial charge on any atom is 0.254 e. The third-order valence-electron chi connectivity index (χ3n) is 5.30. The number of anilines is 1. The SMILES string of the molecule is O=S(=O)(c1cccc(F)c1)N1CCN(c2cc(-c3ccccc3)nc3ncnn23)CC1. The molecule has 8 nitrogen and oxygen atoms in total. The standard InChI is InChI=1S/C21H19FN6O2S/c22-17-7-4-8-18(13-17)31(29,30)27-11-9-26(10-12-27)20-14-19(16-5-2-1-3-6-16)25-21-23-15-24-28(20)21/h1-8,13-15H,9-12H2. The zero-order chi connectivity index (χ0) is 21.4. The molecule has 1 aliphatic heterocycles. The van der Waals surface area contributed by atoms with Crippen molar-refractivity contribution in [1.29, 1.82) is 0 Å². The van der Waals surface area contributed by atoms with Gasteiger partial charge in [-0.3, -0.25) is 0 Å². The Labute approximate surface area is 178 Å². The van der Waals surface area contributed by atoms with E-state index in [1.807, 2.05) is 36.4 Å². The molecule has 0 spiro atoms. The van der Waals surface area contributed by atoms with E-state index in [1.165, 1.54) is 28.8 Å². The lowest BCUT2D eigenvalue weighted by Gasteiger charge is -2.35. The van der Waals surface area contributed by atoms with Crippen LogP contribution >= 0.6 is 0 Å². The van der Waals surface area contributed by atoms with E-state index >= 15 is 0 Å². The first-order valence-corrected chi connectivity index (χ1v) is 11.2. The van der Waals surface area contributed by atoms with Crippen molar-refractivity contribution in [3.05, 3.63) is 72.8 Å². The van der Waals surface area contributed by atoms with Gasteiger partial charge in [-0.15, -0.1) is 0 Å². The van der Waals surface area contributed by atoms with Gasteiger partial charge in [-0.1, -0.05) is 36.4 Å². The molecule has 0 atom stereocenters. The number of piperazine rings is 1. The van der Waals surface area contributed by atoms with Gasteiger partial charge in [0, 0.05) is 37.8 Å². The molecule has 0 saturated carbocycles. The highest BCUT2D eigenvalue weighted by atomic mass is 32.2. The van der Waals surface area contributed by atoms with E-state index in [4.69, 9.17) is 0 Å². The molecule has 5 rings (SSSR count). The molecule has 3 heterocycles. The molecule has 2 aromatic heterocycles. The highest BCUT2D eigenvalue weighted by Crippen LogP contribution is 2.26. The number of hydrogen-bond donors (Lipinski definition) is 0. The minimum Gasteiger partial charge on any atom is -0.354 e. The summed E-state index contributed by atoms with van der Waals surface area (Å²) in [7, 11) is -3.75. The minimum absolute atomic E-state index is 0.0325. The van der Waals surface area contributed by atoms with Crippen molar-refractivity contribution in [2.45, 2.75) is 4.90 Å². The predicted octanol–water partition coefficient (Wildman–Crippen LogP) is 2.44. The van der Waals surface area contributed by atoms with Gasteiger partial charge in [-0.25, -0.2) is 17.8 Å². The van der Waals surface area contributed by atoms with Crippen LogP contribution < -0.4 is 4.90 Å². The Balaban J connectivity index is 1.43. The number of fused-ring (bicyclic) bond motifs is 1. The Hall–Kier alpha value is -3.37. The molecule has 158 valence electrons. The maximum atomic E-state index is 13.5. The summed E-state index contributed by atoms with van der Waals surface area (Å²) in [4.78, 5) is 10.8. The van der Waals surface area contributed by atoms with Gasteiger partial charge in [0.1, 0.15) is 18.0 Å². The van der Waals surface area contributed by atoms with Crippen molar-refractivity contribution in [3.8, 4) is 11.3 Å². The van der Waals surface area contributed by atoms with E-state index in [-0.39, 0.29) is 18.0 Å². The van der Waals surface area contributed by atoms with Crippen molar-refractivity contribution in [2.24, 2.45) is 0 Å². The molecule has 0 N–H and O–H groups in total. The zero-order valence-corrected chi connectivity index (χ0v) is 17.3. The molecule has 1 saturated heterocycles. The van der Waals surface area contributed by atoms with Gasteiger partial charge in [0.15, 0.2) is 0 Å². The highest BCUT2D eigenvalue weighted by molar-refractivity contribution is 7.89. The van der Waals surface area contributed by atoms with Crippen LogP contribution in [0.2, 0.25) is 0 Å². The molecule has 0 aliphatic carbocycles. The van der Waals surface area contributed by atoms with Gasteiger partial charge in [-0.05, 0) is 18.2 Å². The van der Waals surface area contributed by atoms with Crippen LogP contribution in [0.4, 0.5) is 10.2 Å². The molecule has 0 unspecified atom stereocenters. The fraction of sp³-hybridized carbons (Fsp3) is 0.190. The van der Waals surface area contributed by atoms with E-state index in [1.54, 1.807) is 4.52 Å². The molecule has 4 aromatic rings. The Morgan fingerprint density at radius 1 is 0.903 bits per heavy atom. The quantitative estimate of drug-likeness (QED) is 0.487. The number of halogens is 1. The molecule has 0 bridgehead atoms. The summed E-state index contributed by atoms with van der Waals surface area (Å²) in [6.45, 7) is 1.47. The summed E-state index contributed by atoms with van der Waals surface area (Å²) >= 11 is 0. The number of aromatic nitrogens is 4. The first-order valence-electron chi connectivity index (χ1n) is 9.79. The summed E-state index contributed by atoms with van der Waals surface area (Å²) in [6.07, 6.45) is 1.45. The zero-order valence-electron chi connectivity index (χ0n) is 16.5. The topological polar surface area (TPSA) is 83.7 Å². The average molecular weight is 438 g/mol. The lowest BCUT2D eigenvalue weighted by molar-refractivity contribution is 0.382. The Kier molecular flexibility index (Phi) is 4.87. The van der Waals surface area contributed by atoms with Crippen LogP contribution in [0.3, 0.4) is 0 Å². The van der Waals surface area contributed by atoms with Crippen LogP contribution in [0, 0.1) is 5.82 Å². The summed E-state index contributed by atoms with van der Waals surface area (Å²) in [5.41, 5.74) is 1.73. The van der Waals surface area contributed by atoms with Crippen LogP contribution in [0.5, 0.6) is 0 Å². The second-order valence-electron chi connectivity index (χ2n) is 7.19. The summed E-state index contributed by atoms with van der Waals surface area (Å²) in [6, 6.07) is 16.8. The van der Waals surface area contributed by atoms with Gasteiger partial charge < -0.3 is 4.90 Å². The molecule has 0 amide bonds. The Morgan fingerprint density at radius 3 is 2.42 bits per heavy atom. The fourth-order valence-corrected chi connectivity index (χ4v) is 5.17. The monoisotopic (exact) mass is 438 g/mol. The first-order chi connectivity index (χ1) is 15.0. The highest BCUT2D eigenvalue weighted by Gasteiger charge is 2.30. The largest absolute Gasteiger partial charge is 0.354 e. The number of rotatable bonds is 4. The number of hydrogen-bond acceptors (Lipinski definition) is 6. The fourth-order valence-electron chi connectivity index (χ4n) is 3.71. The van der Waals surface area contributed by atoms with Crippen LogP contribution in [0.15, 0.2) is 71.9 Å². The molecule has 1 aliphatic rings. The first kappa shape index (κ1) is 19.6. The van der Waals surface area contributed by atoms with E-state index < -0.39 is 15.8 Å². The van der Waals surface area contributed by atoms with Crippen LogP contribution in [-0.2, 0) is 10.0 Å². The van der Waals surface area contributed by atoms with Crippen LogP contribution in [0.1, 0.15) is 0 Å². The smallest absolute Gasteiger partial charge is 0.254 e. The third kappa shape index (κ3) is 3.64. The normalized spacial score (nSPS) is 15.5. The van der Waals surface area contributed by atoms with Gasteiger partial charge in [0.25, 0.3) is 5.78 Å². The molecular weight excluding hydrogens is 419 g/mol. The van der Waals surface area contributed by atoms with E-state index in [0.717, 1.165) is 23.1 Å². The van der Waals surface area contributed by atoms with Crippen molar-refractivity contribution in [1.82, 2.24) is 23.9 Å². The molecular formula is C21H19FN6O2S. The van der Waals surface area contributed by atoms with Gasteiger partial charge >= 0.3 is 0 Å². The maximum absolute atomic E-state index is 13.5. The predicted molar refractivity (Wildman–Crippen MR) is 114 cm³/mol. The third-order valence-corrected chi connectivity index (χ3v) is 7.19. The Bertz CT molecular complexity index is 1330. The molecule has 1 fully saturated rings. The lowest BCUT2D eigenvalue weighted by Crippen LogP contribution is -2.49. The molecule has 0 radical (unpaired) electrons. The molecule has 2 aromatic carbocycles. The van der Waals surface area contributed by atoms with Crippen LogP contribution in [0.25, 0.3) is 17.0 Å². The van der Waals surface area contributed by atoms with Crippen molar-refractivity contribution in [3.63, 3.8) is 0 Å². The van der Waals surface area contributed by atoms with Gasteiger partial charge in [0.2, 0.25) is 10.0 Å². The Morgan fingerprint density at radius 2 is 1.68 bits per heavy atom. The minimum atomic E-state index is -3.75. The molecule has 10 heteroatoms. The van der Waals surface area contributed by atoms with Crippen molar-refractivity contribution in [2.75, 3.05) is 31.1 Å². The molecule has 31 heavy (non-hydrogen) atoms. The van der Waals surface area contributed by atoms with Gasteiger partial charge in [-0.2, -0.15) is 18.9 Å². The lowest BCUT2D eigenvalue weighted by atomic mass is 10.1. The van der Waals surface area contributed by atoms with Crippen LogP contribution in [-0.4, -0.2) is 58.5 Å². The number of nitrogens with zero attached hydrogens (tertiary/aromatic N) is 6.